The monoisotopic (exact) mass is 342 g/mol. The summed E-state index contributed by atoms with van der Waals surface area (Å²) in [7, 11) is 0. The van der Waals surface area contributed by atoms with Crippen molar-refractivity contribution in [3.63, 3.8) is 0 Å². The van der Waals surface area contributed by atoms with E-state index in [-0.39, 0.29) is 0 Å². The van der Waals surface area contributed by atoms with Gasteiger partial charge in [0, 0.05) is 26.9 Å². The number of rotatable bonds is 2. The Morgan fingerprint density at radius 3 is 2.06 bits per heavy atom. The molecule has 0 radical (unpaired) electrons. The topological polar surface area (TPSA) is 46.0 Å². The third kappa shape index (κ3) is 2.66. The molecule has 0 spiro atoms. The first-order valence-corrected chi connectivity index (χ1v) is 6.14. The second-order valence-electron chi connectivity index (χ2n) is 3.28. The second-order valence-corrected chi connectivity index (χ2v) is 5.11. The van der Waals surface area contributed by atoms with Gasteiger partial charge < -0.3 is 5.11 Å². The Morgan fingerprint density at radius 1 is 0.938 bits per heavy atom. The summed E-state index contributed by atoms with van der Waals surface area (Å²) in [5, 5.41) is 10.1. The van der Waals surface area contributed by atoms with E-state index >= 15 is 0 Å². The third-order valence-corrected chi connectivity index (χ3v) is 3.01. The van der Waals surface area contributed by atoms with Crippen molar-refractivity contribution in [1.29, 1.82) is 0 Å². The van der Waals surface area contributed by atoms with Gasteiger partial charge in [-0.2, -0.15) is 0 Å². The van der Waals surface area contributed by atoms with Crippen molar-refractivity contribution in [1.82, 2.24) is 9.97 Å². The number of hydrogen-bond acceptors (Lipinski definition) is 3. The van der Waals surface area contributed by atoms with Gasteiger partial charge in [0.05, 0.1) is 0 Å². The van der Waals surface area contributed by atoms with Crippen LogP contribution in [0, 0.1) is 0 Å². The van der Waals surface area contributed by atoms with Crippen molar-refractivity contribution in [2.24, 2.45) is 0 Å². The zero-order valence-electron chi connectivity index (χ0n) is 8.14. The number of nitrogens with zero attached hydrogens (tertiary/aromatic N) is 2. The molecule has 2 rings (SSSR count). The maximum absolute atomic E-state index is 10.1. The van der Waals surface area contributed by atoms with E-state index in [4.69, 9.17) is 0 Å². The third-order valence-electron chi connectivity index (χ3n) is 2.10. The van der Waals surface area contributed by atoms with Crippen molar-refractivity contribution in [3.05, 3.63) is 57.0 Å². The number of aliphatic hydroxyl groups excluding tert-OH is 1. The van der Waals surface area contributed by atoms with Crippen molar-refractivity contribution in [3.8, 4) is 0 Å². The van der Waals surface area contributed by atoms with Crippen molar-refractivity contribution >= 4 is 31.9 Å². The van der Waals surface area contributed by atoms with Crippen LogP contribution in [0.4, 0.5) is 0 Å². The van der Waals surface area contributed by atoms with Crippen LogP contribution in [-0.4, -0.2) is 15.1 Å². The summed E-state index contributed by atoms with van der Waals surface area (Å²) in [5.74, 6) is 0. The molecule has 0 aliphatic carbocycles. The van der Waals surface area contributed by atoms with E-state index < -0.39 is 6.10 Å². The Hall–Kier alpha value is -0.780. The summed E-state index contributed by atoms with van der Waals surface area (Å²) in [6.45, 7) is 0. The van der Waals surface area contributed by atoms with Gasteiger partial charge in [-0.3, -0.25) is 0 Å². The summed E-state index contributed by atoms with van der Waals surface area (Å²) in [6, 6.07) is 5.64. The first kappa shape index (κ1) is 11.7. The Morgan fingerprint density at radius 2 is 1.50 bits per heavy atom. The molecule has 1 heterocycles. The molecule has 82 valence electrons. The molecule has 0 fully saturated rings. The van der Waals surface area contributed by atoms with Crippen molar-refractivity contribution in [2.45, 2.75) is 6.10 Å². The molecular formula is C11H8Br2N2O. The fourth-order valence-electron chi connectivity index (χ4n) is 1.38. The molecule has 1 N–H and O–H groups in total. The number of aliphatic hydroxyl groups is 1. The number of aromatic nitrogens is 2. The average Bonchev–Trinajstić information content (AvgIpc) is 2.28. The van der Waals surface area contributed by atoms with Crippen LogP contribution >= 0.6 is 31.9 Å². The molecule has 0 aliphatic heterocycles. The Labute approximate surface area is 110 Å². The standard InChI is InChI=1S/C11H8Br2N2O/c12-9-1-7(2-10(13)3-9)11(16)8-4-14-6-15-5-8/h1-6,11,16H. The summed E-state index contributed by atoms with van der Waals surface area (Å²) in [6.07, 6.45) is 3.93. The molecule has 1 atom stereocenters. The van der Waals surface area contributed by atoms with E-state index in [9.17, 15) is 5.11 Å². The van der Waals surface area contributed by atoms with Gasteiger partial charge in [0.2, 0.25) is 0 Å². The van der Waals surface area contributed by atoms with Gasteiger partial charge in [-0.05, 0) is 23.8 Å². The minimum absolute atomic E-state index is 0.674. The highest BCUT2D eigenvalue weighted by Gasteiger charge is 2.11. The first-order chi connectivity index (χ1) is 7.66. The molecule has 0 amide bonds. The van der Waals surface area contributed by atoms with Crippen molar-refractivity contribution in [2.75, 3.05) is 0 Å². The maximum Gasteiger partial charge on any atom is 0.115 e. The van der Waals surface area contributed by atoms with E-state index in [2.05, 4.69) is 41.8 Å². The predicted octanol–water partition coefficient (Wildman–Crippen LogP) is 3.08. The van der Waals surface area contributed by atoms with Gasteiger partial charge in [0.1, 0.15) is 12.4 Å². The largest absolute Gasteiger partial charge is 0.384 e. The van der Waals surface area contributed by atoms with Crippen LogP contribution in [0.2, 0.25) is 0 Å². The number of hydrogen-bond donors (Lipinski definition) is 1. The Kier molecular flexibility index (Phi) is 3.68. The fraction of sp³-hybridized carbons (Fsp3) is 0.0909. The zero-order valence-corrected chi connectivity index (χ0v) is 11.3. The molecule has 16 heavy (non-hydrogen) atoms. The van der Waals surface area contributed by atoms with Crippen LogP contribution in [0.3, 0.4) is 0 Å². The predicted molar refractivity (Wildman–Crippen MR) is 67.9 cm³/mol. The van der Waals surface area contributed by atoms with Crippen molar-refractivity contribution < 1.29 is 5.11 Å². The Bertz CT molecular complexity index is 470. The molecule has 1 aromatic heterocycles. The lowest BCUT2D eigenvalue weighted by atomic mass is 10.0. The summed E-state index contributed by atoms with van der Waals surface area (Å²) < 4.78 is 1.82. The normalized spacial score (nSPS) is 12.4. The smallest absolute Gasteiger partial charge is 0.115 e. The molecule has 5 heteroatoms. The van der Waals surface area contributed by atoms with Gasteiger partial charge in [0.25, 0.3) is 0 Å². The fourth-order valence-corrected chi connectivity index (χ4v) is 2.71. The minimum atomic E-state index is -0.713. The number of halogens is 2. The van der Waals surface area contributed by atoms with E-state index in [0.717, 1.165) is 14.5 Å². The SMILES string of the molecule is OC(c1cncnc1)c1cc(Br)cc(Br)c1. The average molecular weight is 344 g/mol. The highest BCUT2D eigenvalue weighted by atomic mass is 79.9. The molecule has 1 unspecified atom stereocenters. The minimum Gasteiger partial charge on any atom is -0.384 e. The zero-order chi connectivity index (χ0) is 11.5. The molecule has 1 aromatic carbocycles. The molecule has 0 aliphatic rings. The van der Waals surface area contributed by atoms with E-state index in [1.807, 2.05) is 18.2 Å². The molecule has 3 nitrogen and oxygen atoms in total. The summed E-state index contributed by atoms with van der Waals surface area (Å²) in [4.78, 5) is 7.76. The van der Waals surface area contributed by atoms with Gasteiger partial charge in [-0.15, -0.1) is 0 Å². The lowest BCUT2D eigenvalue weighted by Crippen LogP contribution is -2.00. The first-order valence-electron chi connectivity index (χ1n) is 4.56. The van der Waals surface area contributed by atoms with Crippen LogP contribution < -0.4 is 0 Å². The van der Waals surface area contributed by atoms with E-state index in [1.54, 1.807) is 12.4 Å². The quantitative estimate of drug-likeness (QED) is 0.911. The van der Waals surface area contributed by atoms with Gasteiger partial charge >= 0.3 is 0 Å². The summed E-state index contributed by atoms with van der Waals surface area (Å²) in [5.41, 5.74) is 1.46. The van der Waals surface area contributed by atoms with Crippen LogP contribution in [0.15, 0.2) is 45.9 Å². The molecule has 0 bridgehead atoms. The molecule has 2 aromatic rings. The second kappa shape index (κ2) is 5.03. The Balaban J connectivity index is 2.37. The lowest BCUT2D eigenvalue weighted by molar-refractivity contribution is 0.219. The van der Waals surface area contributed by atoms with E-state index in [1.165, 1.54) is 6.33 Å². The van der Waals surface area contributed by atoms with Gasteiger partial charge in [0.15, 0.2) is 0 Å². The highest BCUT2D eigenvalue weighted by molar-refractivity contribution is 9.11. The molecule has 0 saturated carbocycles. The van der Waals surface area contributed by atoms with Crippen LogP contribution in [0.1, 0.15) is 17.2 Å². The van der Waals surface area contributed by atoms with E-state index in [0.29, 0.717) is 5.56 Å². The van der Waals surface area contributed by atoms with Gasteiger partial charge in [-0.1, -0.05) is 31.9 Å². The summed E-state index contributed by atoms with van der Waals surface area (Å²) >= 11 is 6.76. The maximum atomic E-state index is 10.1. The van der Waals surface area contributed by atoms with Gasteiger partial charge in [-0.25, -0.2) is 9.97 Å². The van der Waals surface area contributed by atoms with Crippen LogP contribution in [-0.2, 0) is 0 Å². The highest BCUT2D eigenvalue weighted by Crippen LogP contribution is 2.27. The number of benzene rings is 1. The van der Waals surface area contributed by atoms with Crippen LogP contribution in [0.5, 0.6) is 0 Å². The van der Waals surface area contributed by atoms with Crippen LogP contribution in [0.25, 0.3) is 0 Å². The lowest BCUT2D eigenvalue weighted by Gasteiger charge is -2.11. The molecular weight excluding hydrogens is 336 g/mol. The molecule has 0 saturated heterocycles.